The molecule has 1 nitrogen and oxygen atoms in total. The molecule has 1 aromatic rings. The van der Waals surface area contributed by atoms with Crippen molar-refractivity contribution in [1.82, 2.24) is 4.98 Å². The van der Waals surface area contributed by atoms with E-state index in [1.54, 1.807) is 0 Å². The van der Waals surface area contributed by atoms with Crippen molar-refractivity contribution >= 4 is 0 Å². The van der Waals surface area contributed by atoms with E-state index >= 15 is 0 Å². The summed E-state index contributed by atoms with van der Waals surface area (Å²) in [6, 6.07) is 5.57. The summed E-state index contributed by atoms with van der Waals surface area (Å²) in [7, 11) is 0. The van der Waals surface area contributed by atoms with E-state index in [1.807, 2.05) is 18.2 Å². The molecular formula is C7H7Li2N. The van der Waals surface area contributed by atoms with Crippen LogP contribution in [-0.4, -0.2) is 4.98 Å². The van der Waals surface area contributed by atoms with Crippen LogP contribution in [0.25, 0.3) is 0 Å². The Morgan fingerprint density at radius 3 is 1.60 bits per heavy atom. The predicted octanol–water partition coefficient (Wildman–Crippen LogP) is -4.55. The number of rotatable bonds is 0. The molecule has 3 heteroatoms. The molecule has 0 aliphatic rings. The number of hydrogen-bond donors (Lipinski definition) is 0. The summed E-state index contributed by atoms with van der Waals surface area (Å²) in [6.07, 6.45) is 0. The minimum Gasteiger partial charge on any atom is -0.327 e. The van der Waals surface area contributed by atoms with Crippen LogP contribution >= 0.6 is 0 Å². The van der Waals surface area contributed by atoms with Gasteiger partial charge in [-0.3, -0.25) is 0 Å². The van der Waals surface area contributed by atoms with Gasteiger partial charge >= 0.3 is 37.7 Å². The standard InChI is InChI=1S/C7H7N.2Li/c1-6-4-3-5-7(2)8-6;;/h3-5H,1-2H2;;/q-2;2*+1. The number of aromatic nitrogens is 1. The molecular weight excluding hydrogens is 112 g/mol. The van der Waals surface area contributed by atoms with Crippen LogP contribution in [-0.2, 0) is 0 Å². The van der Waals surface area contributed by atoms with Gasteiger partial charge in [0.2, 0.25) is 0 Å². The van der Waals surface area contributed by atoms with Gasteiger partial charge in [-0.2, -0.15) is 0 Å². The van der Waals surface area contributed by atoms with Crippen LogP contribution in [0.1, 0.15) is 11.4 Å². The maximum atomic E-state index is 3.95. The van der Waals surface area contributed by atoms with Gasteiger partial charge in [0.1, 0.15) is 0 Å². The second-order valence-corrected chi connectivity index (χ2v) is 1.62. The topological polar surface area (TPSA) is 12.9 Å². The maximum Gasteiger partial charge on any atom is 1.00 e. The van der Waals surface area contributed by atoms with Crippen molar-refractivity contribution in [2.24, 2.45) is 0 Å². The van der Waals surface area contributed by atoms with Crippen molar-refractivity contribution in [3.63, 3.8) is 0 Å². The Kier molecular flexibility index (Phi) is 7.43. The van der Waals surface area contributed by atoms with Gasteiger partial charge < -0.3 is 4.98 Å². The quantitative estimate of drug-likeness (QED) is 0.247. The molecule has 0 spiro atoms. The van der Waals surface area contributed by atoms with E-state index in [0.29, 0.717) is 0 Å². The van der Waals surface area contributed by atoms with Gasteiger partial charge in [-0.15, -0.1) is 11.4 Å². The molecule has 0 saturated heterocycles. The van der Waals surface area contributed by atoms with Crippen LogP contribution in [0.2, 0.25) is 0 Å². The van der Waals surface area contributed by atoms with Crippen LogP contribution < -0.4 is 37.7 Å². The summed E-state index contributed by atoms with van der Waals surface area (Å²) in [5, 5.41) is 0. The first kappa shape index (κ1) is 12.7. The normalized spacial score (nSPS) is 7.20. The fraction of sp³-hybridized carbons (Fsp3) is 0. The molecule has 0 aromatic carbocycles. The van der Waals surface area contributed by atoms with E-state index in [9.17, 15) is 0 Å². The Labute approximate surface area is 86.0 Å². The van der Waals surface area contributed by atoms with Gasteiger partial charge in [0, 0.05) is 0 Å². The van der Waals surface area contributed by atoms with Crippen molar-refractivity contribution in [3.05, 3.63) is 43.4 Å². The third-order valence-corrected chi connectivity index (χ3v) is 0.864. The number of pyridine rings is 1. The molecule has 0 fully saturated rings. The fourth-order valence-electron chi connectivity index (χ4n) is 0.529. The second kappa shape index (κ2) is 5.84. The SMILES string of the molecule is [CH2-]c1cccc([CH2-])n1.[Li+].[Li+]. The smallest absolute Gasteiger partial charge is 0.327 e. The summed E-state index contributed by atoms with van der Waals surface area (Å²) >= 11 is 0. The average molecular weight is 119 g/mol. The Morgan fingerprint density at radius 2 is 1.40 bits per heavy atom. The zero-order valence-electron chi connectivity index (χ0n) is 6.59. The molecule has 0 N–H and O–H groups in total. The summed E-state index contributed by atoms with van der Waals surface area (Å²) in [5.74, 6) is 0. The summed E-state index contributed by atoms with van der Waals surface area (Å²) in [6.45, 7) is 7.26. The number of hydrogen-bond acceptors (Lipinski definition) is 1. The van der Waals surface area contributed by atoms with E-state index in [4.69, 9.17) is 0 Å². The van der Waals surface area contributed by atoms with E-state index in [0.717, 1.165) is 11.4 Å². The molecule has 0 bridgehead atoms. The first-order chi connectivity index (χ1) is 3.79. The minimum absolute atomic E-state index is 0. The Bertz CT molecular complexity index is 171. The van der Waals surface area contributed by atoms with E-state index in [2.05, 4.69) is 18.8 Å². The van der Waals surface area contributed by atoms with Gasteiger partial charge in [0.15, 0.2) is 0 Å². The molecule has 0 aliphatic carbocycles. The molecule has 1 aromatic heterocycles. The first-order valence-electron chi connectivity index (χ1n) is 2.40. The Hall–Kier alpha value is 0.0848. The van der Waals surface area contributed by atoms with Gasteiger partial charge in [0.05, 0.1) is 0 Å². The van der Waals surface area contributed by atoms with Crippen LogP contribution in [0, 0.1) is 13.8 Å². The molecule has 10 heavy (non-hydrogen) atoms. The zero-order chi connectivity index (χ0) is 5.98. The first-order valence-corrected chi connectivity index (χ1v) is 2.40. The largest absolute Gasteiger partial charge is 1.00 e. The van der Waals surface area contributed by atoms with Crippen LogP contribution in [0.3, 0.4) is 0 Å². The second-order valence-electron chi connectivity index (χ2n) is 1.62. The molecule has 1 rings (SSSR count). The van der Waals surface area contributed by atoms with Crippen molar-refractivity contribution in [2.45, 2.75) is 0 Å². The van der Waals surface area contributed by atoms with Crippen molar-refractivity contribution < 1.29 is 37.7 Å². The number of nitrogens with zero attached hydrogens (tertiary/aromatic N) is 1. The molecule has 0 saturated carbocycles. The molecule has 42 valence electrons. The predicted molar refractivity (Wildman–Crippen MR) is 33.2 cm³/mol. The van der Waals surface area contributed by atoms with Gasteiger partial charge in [0.25, 0.3) is 0 Å². The summed E-state index contributed by atoms with van der Waals surface area (Å²) < 4.78 is 0. The van der Waals surface area contributed by atoms with Crippen LogP contribution in [0.5, 0.6) is 0 Å². The van der Waals surface area contributed by atoms with Gasteiger partial charge in [-0.05, 0) is 0 Å². The maximum absolute atomic E-state index is 3.95. The molecule has 0 atom stereocenters. The third kappa shape index (κ3) is 3.99. The molecule has 0 unspecified atom stereocenters. The van der Waals surface area contributed by atoms with Crippen molar-refractivity contribution in [3.8, 4) is 0 Å². The summed E-state index contributed by atoms with van der Waals surface area (Å²) in [5.41, 5.74) is 1.55. The monoisotopic (exact) mass is 119 g/mol. The molecule has 0 radical (unpaired) electrons. The van der Waals surface area contributed by atoms with E-state index in [1.165, 1.54) is 0 Å². The average Bonchev–Trinajstić information content (AvgIpc) is 1.64. The minimum atomic E-state index is 0. The molecule has 0 amide bonds. The van der Waals surface area contributed by atoms with Crippen molar-refractivity contribution in [1.29, 1.82) is 0 Å². The molecule has 0 aliphatic heterocycles. The van der Waals surface area contributed by atoms with Gasteiger partial charge in [-0.25, -0.2) is 32.0 Å². The van der Waals surface area contributed by atoms with Crippen molar-refractivity contribution in [2.75, 3.05) is 0 Å². The van der Waals surface area contributed by atoms with E-state index in [-0.39, 0.29) is 37.7 Å². The fourth-order valence-corrected chi connectivity index (χ4v) is 0.529. The third-order valence-electron chi connectivity index (χ3n) is 0.864. The zero-order valence-corrected chi connectivity index (χ0v) is 6.59. The Morgan fingerprint density at radius 1 is 1.00 bits per heavy atom. The van der Waals surface area contributed by atoms with E-state index < -0.39 is 0 Å². The summed E-state index contributed by atoms with van der Waals surface area (Å²) in [4.78, 5) is 3.95. The van der Waals surface area contributed by atoms with Crippen LogP contribution in [0.4, 0.5) is 0 Å². The molecule has 1 heterocycles. The Balaban J connectivity index is 0. The van der Waals surface area contributed by atoms with Crippen LogP contribution in [0.15, 0.2) is 18.2 Å². The van der Waals surface area contributed by atoms with Gasteiger partial charge in [-0.1, -0.05) is 0 Å².